The number of fused-ring (bicyclic) bond motifs is 3. The van der Waals surface area contributed by atoms with E-state index >= 15 is 0 Å². The molecule has 0 radical (unpaired) electrons. The Labute approximate surface area is 232 Å². The molecule has 0 unspecified atom stereocenters. The van der Waals surface area contributed by atoms with Crippen molar-refractivity contribution in [1.82, 2.24) is 18.7 Å². The predicted molar refractivity (Wildman–Crippen MR) is 151 cm³/mol. The highest BCUT2D eigenvalue weighted by molar-refractivity contribution is 7.90. The molecule has 39 heavy (non-hydrogen) atoms. The van der Waals surface area contributed by atoms with Crippen LogP contribution in [0.2, 0.25) is 0 Å². The van der Waals surface area contributed by atoms with E-state index in [1.54, 1.807) is 31.0 Å². The van der Waals surface area contributed by atoms with Crippen LogP contribution in [-0.2, 0) is 32.5 Å². The molecule has 9 nitrogen and oxygen atoms in total. The van der Waals surface area contributed by atoms with Gasteiger partial charge in [0.05, 0.1) is 11.3 Å². The summed E-state index contributed by atoms with van der Waals surface area (Å²) in [6, 6.07) is 6.24. The minimum absolute atomic E-state index is 0.0191. The van der Waals surface area contributed by atoms with Gasteiger partial charge in [0, 0.05) is 88.0 Å². The molecule has 0 spiro atoms. The van der Waals surface area contributed by atoms with Crippen LogP contribution in [0.4, 0.5) is 0 Å². The van der Waals surface area contributed by atoms with Gasteiger partial charge in [-0.05, 0) is 69.7 Å². The molecule has 214 valence electrons. The lowest BCUT2D eigenvalue weighted by Crippen LogP contribution is -2.42. The van der Waals surface area contributed by atoms with Crippen LogP contribution >= 0.6 is 0 Å². The van der Waals surface area contributed by atoms with Crippen molar-refractivity contribution in [3.8, 4) is 0 Å². The molecule has 1 saturated heterocycles. The third kappa shape index (κ3) is 5.74. The molecule has 1 aliphatic carbocycles. The first kappa shape index (κ1) is 28.1. The van der Waals surface area contributed by atoms with Crippen molar-refractivity contribution >= 4 is 32.7 Å². The molecule has 2 aromatic rings. The Morgan fingerprint density at radius 3 is 2.51 bits per heavy atom. The highest BCUT2D eigenvalue weighted by Gasteiger charge is 2.33. The summed E-state index contributed by atoms with van der Waals surface area (Å²) < 4.78 is 33.4. The quantitative estimate of drug-likeness (QED) is 0.445. The molecule has 0 atom stereocenters. The minimum Gasteiger partial charge on any atom is -0.381 e. The number of rotatable bonds is 10. The first-order valence-corrected chi connectivity index (χ1v) is 16.1. The van der Waals surface area contributed by atoms with Gasteiger partial charge in [-0.15, -0.1) is 0 Å². The summed E-state index contributed by atoms with van der Waals surface area (Å²) in [6.07, 6.45) is 5.87. The Hall–Kier alpha value is -2.43. The molecule has 3 aliphatic rings. The Morgan fingerprint density at radius 1 is 1.10 bits per heavy atom. The highest BCUT2D eigenvalue weighted by atomic mass is 32.2. The van der Waals surface area contributed by atoms with Crippen molar-refractivity contribution in [3.63, 3.8) is 0 Å². The fraction of sp³-hybridized carbons (Fsp3) is 0.655. The zero-order valence-electron chi connectivity index (χ0n) is 23.5. The number of hydrogen-bond donors (Lipinski definition) is 0. The van der Waals surface area contributed by atoms with Gasteiger partial charge in [0.15, 0.2) is 0 Å². The molecule has 1 aromatic carbocycles. The monoisotopic (exact) mass is 558 g/mol. The fourth-order valence-corrected chi connectivity index (χ4v) is 7.49. The van der Waals surface area contributed by atoms with E-state index in [-0.39, 0.29) is 17.6 Å². The number of carbonyl (C=O) groups is 2. The Bertz CT molecular complexity index is 1330. The summed E-state index contributed by atoms with van der Waals surface area (Å²) >= 11 is 0. The zero-order chi connectivity index (χ0) is 27.7. The first-order valence-electron chi connectivity index (χ1n) is 14.5. The van der Waals surface area contributed by atoms with Crippen LogP contribution in [0.3, 0.4) is 0 Å². The molecule has 1 saturated carbocycles. The lowest BCUT2D eigenvalue weighted by molar-refractivity contribution is -0.131. The molecule has 1 aromatic heterocycles. The molecular formula is C29H42N4O5S. The summed E-state index contributed by atoms with van der Waals surface area (Å²) in [5, 5.41) is 0.844. The summed E-state index contributed by atoms with van der Waals surface area (Å²) in [7, 11) is -1.73. The van der Waals surface area contributed by atoms with Crippen molar-refractivity contribution < 1.29 is 22.7 Å². The number of nitrogens with zero attached hydrogens (tertiary/aromatic N) is 4. The van der Waals surface area contributed by atoms with Gasteiger partial charge in [-0.1, -0.05) is 0 Å². The van der Waals surface area contributed by atoms with Crippen molar-refractivity contribution in [2.45, 2.75) is 77.4 Å². The maximum atomic E-state index is 13.4. The summed E-state index contributed by atoms with van der Waals surface area (Å²) in [6.45, 7) is 7.92. The van der Waals surface area contributed by atoms with Crippen molar-refractivity contribution in [3.05, 3.63) is 35.0 Å². The van der Waals surface area contributed by atoms with E-state index in [0.29, 0.717) is 55.5 Å². The van der Waals surface area contributed by atoms with E-state index < -0.39 is 10.0 Å². The molecule has 2 amide bonds. The van der Waals surface area contributed by atoms with Crippen LogP contribution in [0, 0.1) is 0 Å². The van der Waals surface area contributed by atoms with Crippen LogP contribution in [0.25, 0.3) is 10.9 Å². The summed E-state index contributed by atoms with van der Waals surface area (Å²) in [4.78, 5) is 32.0. The smallest absolute Gasteiger partial charge is 0.253 e. The Balaban J connectivity index is 1.37. The molecule has 0 N–H and O–H groups in total. The molecule has 5 rings (SSSR count). The van der Waals surface area contributed by atoms with Gasteiger partial charge in [-0.25, -0.2) is 12.4 Å². The second-order valence-corrected chi connectivity index (χ2v) is 13.2. The van der Waals surface area contributed by atoms with Gasteiger partial charge < -0.3 is 14.5 Å². The van der Waals surface area contributed by atoms with Crippen LogP contribution < -0.4 is 0 Å². The molecule has 10 heteroatoms. The summed E-state index contributed by atoms with van der Waals surface area (Å²) in [5.41, 5.74) is 3.06. The van der Waals surface area contributed by atoms with Crippen LogP contribution in [0.1, 0.15) is 74.0 Å². The molecule has 2 fully saturated rings. The second kappa shape index (κ2) is 11.6. The van der Waals surface area contributed by atoms with Gasteiger partial charge in [0.1, 0.15) is 0 Å². The van der Waals surface area contributed by atoms with E-state index in [2.05, 4.69) is 4.90 Å². The van der Waals surface area contributed by atoms with Gasteiger partial charge >= 0.3 is 0 Å². The third-order valence-electron chi connectivity index (χ3n) is 8.61. The van der Waals surface area contributed by atoms with E-state index in [9.17, 15) is 18.0 Å². The number of benzene rings is 1. The summed E-state index contributed by atoms with van der Waals surface area (Å²) in [5.74, 6) is 0.0721. The molecule has 0 bridgehead atoms. The fourth-order valence-electron chi connectivity index (χ4n) is 6.24. The van der Waals surface area contributed by atoms with E-state index in [4.69, 9.17) is 4.74 Å². The molecule has 3 heterocycles. The van der Waals surface area contributed by atoms with E-state index in [0.717, 1.165) is 68.6 Å². The number of aromatic nitrogens is 1. The predicted octanol–water partition coefficient (Wildman–Crippen LogP) is 3.24. The lowest BCUT2D eigenvalue weighted by atomic mass is 9.99. The average molecular weight is 559 g/mol. The Kier molecular flexibility index (Phi) is 8.35. The van der Waals surface area contributed by atoms with Gasteiger partial charge in [0.25, 0.3) is 5.91 Å². The Morgan fingerprint density at radius 2 is 1.85 bits per heavy atom. The number of carbonyl (C=O) groups excluding carboxylic acids is 2. The van der Waals surface area contributed by atoms with Crippen LogP contribution in [0.5, 0.6) is 0 Å². The maximum Gasteiger partial charge on any atom is 0.253 e. The third-order valence-corrected chi connectivity index (χ3v) is 10.3. The zero-order valence-corrected chi connectivity index (χ0v) is 24.3. The van der Waals surface area contributed by atoms with Gasteiger partial charge in [0.2, 0.25) is 15.9 Å². The second-order valence-electron chi connectivity index (χ2n) is 11.1. The molecular weight excluding hydrogens is 516 g/mol. The van der Waals surface area contributed by atoms with Crippen LogP contribution in [0.15, 0.2) is 18.2 Å². The molecule has 2 aliphatic heterocycles. The number of ether oxygens (including phenoxy) is 1. The lowest BCUT2D eigenvalue weighted by Gasteiger charge is -2.37. The normalized spacial score (nSPS) is 18.7. The maximum absolute atomic E-state index is 13.4. The topological polar surface area (TPSA) is 92.2 Å². The van der Waals surface area contributed by atoms with E-state index in [1.165, 1.54) is 3.97 Å². The van der Waals surface area contributed by atoms with Crippen molar-refractivity contribution in [1.29, 1.82) is 0 Å². The standard InChI is InChI=1S/C29H42N4O5S/c1-4-32(23-9-10-23)28(34)7-6-15-30(3)29(35)21-8-11-26-24(19-21)25-20-31(22-13-17-38-18-14-22)16-12-27(25)33(26)39(36,37)5-2/h8,11,19,22-23H,4-7,9-10,12-18,20H2,1-3H3. The largest absolute Gasteiger partial charge is 0.381 e. The van der Waals surface area contributed by atoms with Crippen molar-refractivity contribution in [2.75, 3.05) is 45.6 Å². The van der Waals surface area contributed by atoms with Gasteiger partial charge in [-0.2, -0.15) is 0 Å². The number of hydrogen-bond acceptors (Lipinski definition) is 6. The van der Waals surface area contributed by atoms with Crippen molar-refractivity contribution in [2.24, 2.45) is 0 Å². The SMILES string of the molecule is CCN(C(=O)CCCN(C)C(=O)c1ccc2c(c1)c1c(n2S(=O)(=O)CC)CCN(C2CCOCC2)C1)C1CC1. The number of amides is 2. The highest BCUT2D eigenvalue weighted by Crippen LogP contribution is 2.35. The minimum atomic E-state index is -3.50. The van der Waals surface area contributed by atoms with Crippen LogP contribution in [-0.4, -0.2) is 96.6 Å². The average Bonchev–Trinajstić information content (AvgIpc) is 3.73. The van der Waals surface area contributed by atoms with Gasteiger partial charge in [-0.3, -0.25) is 14.5 Å². The van der Waals surface area contributed by atoms with E-state index in [1.807, 2.05) is 17.9 Å². The first-order chi connectivity index (χ1) is 18.7.